The second-order valence-corrected chi connectivity index (χ2v) is 13.7. The van der Waals surface area contributed by atoms with Crippen molar-refractivity contribution in [3.05, 3.63) is 65.0 Å². The van der Waals surface area contributed by atoms with Crippen molar-refractivity contribution < 1.29 is 38.2 Å². The minimum absolute atomic E-state index is 0.0368. The lowest BCUT2D eigenvalue weighted by molar-refractivity contribution is -0.136. The summed E-state index contributed by atoms with van der Waals surface area (Å²) in [5.41, 5.74) is 3.85. The van der Waals surface area contributed by atoms with E-state index < -0.39 is 29.7 Å². The maximum Gasteiger partial charge on any atom is 0.264 e. The van der Waals surface area contributed by atoms with E-state index in [1.54, 1.807) is 23.0 Å². The molecule has 3 fully saturated rings. The van der Waals surface area contributed by atoms with Gasteiger partial charge in [0.05, 0.1) is 50.0 Å². The number of aldehydes is 1. The van der Waals surface area contributed by atoms with Crippen LogP contribution in [0.1, 0.15) is 68.9 Å². The summed E-state index contributed by atoms with van der Waals surface area (Å²) in [6.07, 6.45) is 4.81. The molecule has 5 amide bonds. The fraction of sp³-hybridized carbons (Fsp3) is 0.459. The topological polar surface area (TPSA) is 197 Å². The Morgan fingerprint density at radius 3 is 2.57 bits per heavy atom. The highest BCUT2D eigenvalue weighted by atomic mass is 16.5. The van der Waals surface area contributed by atoms with Crippen LogP contribution in [0.15, 0.2) is 42.6 Å². The Morgan fingerprint density at radius 2 is 1.80 bits per heavy atom. The molecule has 0 bridgehead atoms. The SMILES string of the molecule is O=Cc1ccc(N2CCN(C(=O)CCOCCn3cc(CNc4cccc5c4C(=O)N(C4CCC(=O)NC4=O)C5=O)nn3)CC2)cc1NC1CCOCC1. The van der Waals surface area contributed by atoms with Gasteiger partial charge in [-0.25, -0.2) is 4.68 Å². The van der Waals surface area contributed by atoms with Crippen LogP contribution in [0.3, 0.4) is 0 Å². The zero-order valence-corrected chi connectivity index (χ0v) is 29.8. The maximum atomic E-state index is 13.3. The van der Waals surface area contributed by atoms with Crippen LogP contribution in [0.5, 0.6) is 0 Å². The Hall–Kier alpha value is -5.68. The molecule has 0 radical (unpaired) electrons. The first-order valence-corrected chi connectivity index (χ1v) is 18.3. The van der Waals surface area contributed by atoms with Crippen molar-refractivity contribution >= 4 is 52.9 Å². The van der Waals surface area contributed by atoms with Gasteiger partial charge >= 0.3 is 0 Å². The Kier molecular flexibility index (Phi) is 11.2. The molecule has 0 aliphatic carbocycles. The van der Waals surface area contributed by atoms with E-state index in [2.05, 4.69) is 31.2 Å². The van der Waals surface area contributed by atoms with Gasteiger partial charge in [0.15, 0.2) is 6.29 Å². The third-order valence-electron chi connectivity index (χ3n) is 10.2. The molecule has 3 saturated heterocycles. The minimum Gasteiger partial charge on any atom is -0.381 e. The molecule has 3 N–H and O–H groups in total. The van der Waals surface area contributed by atoms with E-state index in [-0.39, 0.29) is 55.5 Å². The monoisotopic (exact) mass is 741 g/mol. The van der Waals surface area contributed by atoms with E-state index in [4.69, 9.17) is 9.47 Å². The van der Waals surface area contributed by atoms with Crippen LogP contribution in [0, 0.1) is 0 Å². The molecular weight excluding hydrogens is 698 g/mol. The van der Waals surface area contributed by atoms with Gasteiger partial charge < -0.3 is 29.9 Å². The summed E-state index contributed by atoms with van der Waals surface area (Å²) in [5.74, 6) is -2.22. The van der Waals surface area contributed by atoms with E-state index in [0.29, 0.717) is 69.5 Å². The summed E-state index contributed by atoms with van der Waals surface area (Å²) < 4.78 is 12.8. The number of hydrogen-bond donors (Lipinski definition) is 3. The van der Waals surface area contributed by atoms with Gasteiger partial charge in [0.1, 0.15) is 11.7 Å². The van der Waals surface area contributed by atoms with Crippen LogP contribution >= 0.6 is 0 Å². The smallest absolute Gasteiger partial charge is 0.264 e. The lowest BCUT2D eigenvalue weighted by Gasteiger charge is -2.36. The van der Waals surface area contributed by atoms with Gasteiger partial charge in [-0.1, -0.05) is 11.3 Å². The molecule has 0 saturated carbocycles. The largest absolute Gasteiger partial charge is 0.381 e. The molecule has 1 aromatic heterocycles. The standard InChI is InChI=1S/C37H43N9O8/c47-23-24-4-5-27(20-30(24)39-25-8-16-53-17-9-25)43-11-13-44(14-12-43)33(49)10-18-54-19-15-45-22-26(41-42-45)21-38-29-3-1-2-28-34(29)37(52)46(36(28)51)31-6-7-32(48)40-35(31)50/h1-5,20,22-23,25,31,38-39H,6-19,21H2,(H,40,48,50). The number of carbonyl (C=O) groups is 6. The van der Waals surface area contributed by atoms with Crippen molar-refractivity contribution in [2.45, 2.75) is 57.3 Å². The fourth-order valence-electron chi connectivity index (χ4n) is 7.20. The van der Waals surface area contributed by atoms with Gasteiger partial charge in [-0.3, -0.25) is 39.0 Å². The van der Waals surface area contributed by atoms with Gasteiger partial charge in [-0.2, -0.15) is 0 Å². The predicted molar refractivity (Wildman–Crippen MR) is 194 cm³/mol. The van der Waals surface area contributed by atoms with Crippen LogP contribution in [-0.2, 0) is 36.9 Å². The number of piperidine rings is 1. The summed E-state index contributed by atoms with van der Waals surface area (Å²) >= 11 is 0. The first-order chi connectivity index (χ1) is 26.3. The highest BCUT2D eigenvalue weighted by molar-refractivity contribution is 6.25. The second-order valence-electron chi connectivity index (χ2n) is 13.7. The van der Waals surface area contributed by atoms with E-state index >= 15 is 0 Å². The van der Waals surface area contributed by atoms with E-state index in [9.17, 15) is 28.8 Å². The molecule has 17 nitrogen and oxygen atoms in total. The highest BCUT2D eigenvalue weighted by Gasteiger charge is 2.45. The lowest BCUT2D eigenvalue weighted by atomic mass is 10.0. The molecule has 7 rings (SSSR count). The second kappa shape index (κ2) is 16.6. The molecule has 17 heteroatoms. The molecule has 5 heterocycles. The van der Waals surface area contributed by atoms with Crippen LogP contribution in [0.2, 0.25) is 0 Å². The molecule has 4 aliphatic rings. The molecule has 1 atom stereocenters. The van der Waals surface area contributed by atoms with Crippen molar-refractivity contribution in [2.75, 3.05) is 68.1 Å². The van der Waals surface area contributed by atoms with Crippen molar-refractivity contribution in [1.29, 1.82) is 0 Å². The molecule has 1 unspecified atom stereocenters. The fourth-order valence-corrected chi connectivity index (χ4v) is 7.20. The molecule has 3 aromatic rings. The average molecular weight is 742 g/mol. The third kappa shape index (κ3) is 8.11. The van der Waals surface area contributed by atoms with Crippen LogP contribution in [0.4, 0.5) is 17.1 Å². The number of amides is 5. The summed E-state index contributed by atoms with van der Waals surface area (Å²) in [4.78, 5) is 80.0. The molecule has 0 spiro atoms. The number of hydrogen-bond acceptors (Lipinski definition) is 13. The molecule has 284 valence electrons. The Bertz CT molecular complexity index is 1920. The van der Waals surface area contributed by atoms with Gasteiger partial charge in [-0.15, -0.1) is 5.10 Å². The Balaban J connectivity index is 0.822. The summed E-state index contributed by atoms with van der Waals surface area (Å²) in [6.45, 7) is 5.24. The normalized spacial score (nSPS) is 19.2. The maximum absolute atomic E-state index is 13.3. The van der Waals surface area contributed by atoms with E-state index in [0.717, 1.165) is 35.4 Å². The van der Waals surface area contributed by atoms with Gasteiger partial charge in [0.2, 0.25) is 17.7 Å². The van der Waals surface area contributed by atoms with Crippen LogP contribution in [-0.4, -0.2) is 125 Å². The van der Waals surface area contributed by atoms with Crippen LogP contribution < -0.4 is 20.9 Å². The number of benzene rings is 2. The highest BCUT2D eigenvalue weighted by Crippen LogP contribution is 2.33. The molecule has 54 heavy (non-hydrogen) atoms. The zero-order chi connectivity index (χ0) is 37.6. The minimum atomic E-state index is -1.04. The van der Waals surface area contributed by atoms with E-state index in [1.807, 2.05) is 23.1 Å². The lowest BCUT2D eigenvalue weighted by Crippen LogP contribution is -2.54. The van der Waals surface area contributed by atoms with Gasteiger partial charge in [-0.05, 0) is 49.6 Å². The van der Waals surface area contributed by atoms with E-state index in [1.165, 1.54) is 6.07 Å². The van der Waals surface area contributed by atoms with Crippen LogP contribution in [0.25, 0.3) is 0 Å². The Morgan fingerprint density at radius 1 is 0.981 bits per heavy atom. The first-order valence-electron chi connectivity index (χ1n) is 18.3. The van der Waals surface area contributed by atoms with Crippen molar-refractivity contribution in [3.8, 4) is 0 Å². The van der Waals surface area contributed by atoms with Crippen molar-refractivity contribution in [3.63, 3.8) is 0 Å². The number of aromatic nitrogens is 3. The first kappa shape index (κ1) is 36.7. The van der Waals surface area contributed by atoms with Gasteiger partial charge in [0, 0.05) is 74.5 Å². The molecule has 2 aromatic carbocycles. The predicted octanol–water partition coefficient (Wildman–Crippen LogP) is 1.45. The number of anilines is 3. The summed E-state index contributed by atoms with van der Waals surface area (Å²) in [5, 5.41) is 17.2. The number of nitrogens with one attached hydrogen (secondary N) is 3. The zero-order valence-electron chi connectivity index (χ0n) is 29.8. The quantitative estimate of drug-likeness (QED) is 0.122. The number of rotatable bonds is 14. The molecular formula is C37H43N9O8. The number of imide groups is 2. The summed E-state index contributed by atoms with van der Waals surface area (Å²) in [6, 6.07) is 9.93. The Labute approximate surface area is 311 Å². The van der Waals surface area contributed by atoms with Crippen molar-refractivity contribution in [1.82, 2.24) is 30.1 Å². The molecule has 4 aliphatic heterocycles. The van der Waals surface area contributed by atoms with Gasteiger partial charge in [0.25, 0.3) is 11.8 Å². The van der Waals surface area contributed by atoms with Crippen molar-refractivity contribution in [2.24, 2.45) is 0 Å². The number of ether oxygens (including phenoxy) is 2. The average Bonchev–Trinajstić information content (AvgIpc) is 3.75. The third-order valence-corrected chi connectivity index (χ3v) is 10.2. The summed E-state index contributed by atoms with van der Waals surface area (Å²) in [7, 11) is 0. The number of nitrogens with zero attached hydrogens (tertiary/aromatic N) is 6. The number of fused-ring (bicyclic) bond motifs is 1. The number of carbonyl (C=O) groups excluding carboxylic acids is 6. The number of piperazine rings is 1.